The van der Waals surface area contributed by atoms with E-state index in [0.29, 0.717) is 5.92 Å². The van der Waals surface area contributed by atoms with Crippen molar-refractivity contribution in [1.82, 2.24) is 4.90 Å². The molecule has 3 nitrogen and oxygen atoms in total. The van der Waals surface area contributed by atoms with Gasteiger partial charge in [0.25, 0.3) is 5.24 Å². The van der Waals surface area contributed by atoms with Gasteiger partial charge in [-0.2, -0.15) is 0 Å². The monoisotopic (exact) mass is 187 g/mol. The Balaban J connectivity index is 2.77. The second-order valence-electron chi connectivity index (χ2n) is 3.28. The van der Waals surface area contributed by atoms with Crippen LogP contribution in [-0.2, 0) is 4.79 Å². The van der Waals surface area contributed by atoms with Crippen LogP contribution in [0.1, 0.15) is 20.8 Å². The van der Waals surface area contributed by atoms with Crippen molar-refractivity contribution in [2.24, 2.45) is 5.92 Å². The van der Waals surface area contributed by atoms with Gasteiger partial charge in [-0.15, -0.1) is 0 Å². The van der Waals surface area contributed by atoms with Crippen LogP contribution in [0.2, 0.25) is 0 Å². The standard InChI is InChI=1S/C8H13NO2S/c1-5(2)7-4-12-8(11)9(7)6(3)10/h5,7H,4H2,1-3H3/t7-/m0/s1. The fraction of sp³-hybridized carbons (Fsp3) is 0.750. The molecule has 1 atom stereocenters. The van der Waals surface area contributed by atoms with E-state index in [2.05, 4.69) is 0 Å². The third-order valence-corrected chi connectivity index (χ3v) is 2.97. The van der Waals surface area contributed by atoms with Gasteiger partial charge in [-0.3, -0.25) is 14.5 Å². The van der Waals surface area contributed by atoms with Crippen LogP contribution >= 0.6 is 11.8 Å². The van der Waals surface area contributed by atoms with E-state index in [1.165, 1.54) is 23.6 Å². The summed E-state index contributed by atoms with van der Waals surface area (Å²) in [6.07, 6.45) is 0. The van der Waals surface area contributed by atoms with Gasteiger partial charge in [0.2, 0.25) is 5.91 Å². The largest absolute Gasteiger partial charge is 0.288 e. The minimum atomic E-state index is -0.135. The van der Waals surface area contributed by atoms with Crippen molar-refractivity contribution in [3.63, 3.8) is 0 Å². The van der Waals surface area contributed by atoms with Gasteiger partial charge in [0.05, 0.1) is 6.04 Å². The minimum Gasteiger partial charge on any atom is -0.275 e. The number of hydrogen-bond donors (Lipinski definition) is 0. The molecule has 4 heteroatoms. The number of thioether (sulfide) groups is 1. The highest BCUT2D eigenvalue weighted by Crippen LogP contribution is 2.28. The third kappa shape index (κ3) is 1.63. The smallest absolute Gasteiger partial charge is 0.275 e. The number of hydrogen-bond acceptors (Lipinski definition) is 3. The van der Waals surface area contributed by atoms with E-state index in [0.717, 1.165) is 5.75 Å². The van der Waals surface area contributed by atoms with Crippen molar-refractivity contribution < 1.29 is 9.59 Å². The first-order chi connectivity index (χ1) is 5.54. The van der Waals surface area contributed by atoms with Gasteiger partial charge >= 0.3 is 0 Å². The molecule has 0 N–H and O–H groups in total. The molecule has 0 bridgehead atoms. The lowest BCUT2D eigenvalue weighted by atomic mass is 10.1. The van der Waals surface area contributed by atoms with Crippen LogP contribution < -0.4 is 0 Å². The van der Waals surface area contributed by atoms with Crippen LogP contribution in [0.3, 0.4) is 0 Å². The Morgan fingerprint density at radius 3 is 2.58 bits per heavy atom. The fourth-order valence-corrected chi connectivity index (χ4v) is 2.54. The predicted octanol–water partition coefficient (Wildman–Crippen LogP) is 1.73. The Morgan fingerprint density at radius 1 is 1.67 bits per heavy atom. The summed E-state index contributed by atoms with van der Waals surface area (Å²) in [7, 11) is 0. The lowest BCUT2D eigenvalue weighted by molar-refractivity contribution is -0.127. The maximum absolute atomic E-state index is 11.2. The molecular weight excluding hydrogens is 174 g/mol. The maximum atomic E-state index is 11.2. The molecule has 0 aliphatic carbocycles. The number of imide groups is 1. The number of rotatable bonds is 1. The van der Waals surface area contributed by atoms with Gasteiger partial charge in [-0.1, -0.05) is 25.6 Å². The molecule has 0 unspecified atom stereocenters. The molecule has 1 aliphatic rings. The van der Waals surface area contributed by atoms with Crippen LogP contribution in [0.15, 0.2) is 0 Å². The Labute approximate surface area is 76.5 Å². The Hall–Kier alpha value is -0.510. The molecule has 1 heterocycles. The average Bonchev–Trinajstić information content (AvgIpc) is 2.30. The van der Waals surface area contributed by atoms with E-state index in [9.17, 15) is 9.59 Å². The van der Waals surface area contributed by atoms with Crippen molar-refractivity contribution in [1.29, 1.82) is 0 Å². The lowest BCUT2D eigenvalue weighted by Crippen LogP contribution is -2.40. The van der Waals surface area contributed by atoms with Crippen LogP contribution in [0, 0.1) is 5.92 Å². The summed E-state index contributed by atoms with van der Waals surface area (Å²) in [5.41, 5.74) is 0. The van der Waals surface area contributed by atoms with Crippen molar-refractivity contribution in [3.8, 4) is 0 Å². The Kier molecular flexibility index (Phi) is 2.77. The molecule has 0 aromatic heterocycles. The first kappa shape index (κ1) is 9.58. The topological polar surface area (TPSA) is 37.4 Å². The Morgan fingerprint density at radius 2 is 2.25 bits per heavy atom. The van der Waals surface area contributed by atoms with Crippen molar-refractivity contribution in [3.05, 3.63) is 0 Å². The summed E-state index contributed by atoms with van der Waals surface area (Å²) >= 11 is 1.24. The second-order valence-corrected chi connectivity index (χ2v) is 4.25. The average molecular weight is 187 g/mol. The van der Waals surface area contributed by atoms with Gasteiger partial charge in [-0.25, -0.2) is 0 Å². The summed E-state index contributed by atoms with van der Waals surface area (Å²) in [6, 6.07) is 0.0972. The van der Waals surface area contributed by atoms with Crippen LogP contribution in [0.25, 0.3) is 0 Å². The number of nitrogens with zero attached hydrogens (tertiary/aromatic N) is 1. The molecule has 0 radical (unpaired) electrons. The highest BCUT2D eigenvalue weighted by atomic mass is 32.2. The normalized spacial score (nSPS) is 23.8. The molecule has 0 aromatic rings. The summed E-state index contributed by atoms with van der Waals surface area (Å²) < 4.78 is 0. The van der Waals surface area contributed by atoms with Crippen LogP contribution in [0.4, 0.5) is 4.79 Å². The van der Waals surface area contributed by atoms with E-state index in [1.807, 2.05) is 13.8 Å². The summed E-state index contributed by atoms with van der Waals surface area (Å²) in [5.74, 6) is 0.965. The van der Waals surface area contributed by atoms with E-state index >= 15 is 0 Å². The third-order valence-electron chi connectivity index (χ3n) is 2.01. The van der Waals surface area contributed by atoms with E-state index in [1.54, 1.807) is 0 Å². The highest BCUT2D eigenvalue weighted by Gasteiger charge is 2.36. The highest BCUT2D eigenvalue weighted by molar-refractivity contribution is 8.14. The molecule has 68 valence electrons. The summed E-state index contributed by atoms with van der Waals surface area (Å²) in [6.45, 7) is 5.50. The lowest BCUT2D eigenvalue weighted by Gasteiger charge is -2.23. The molecule has 1 saturated heterocycles. The van der Waals surface area contributed by atoms with Crippen molar-refractivity contribution >= 4 is 22.9 Å². The molecule has 0 aromatic carbocycles. The maximum Gasteiger partial charge on any atom is 0.288 e. The van der Waals surface area contributed by atoms with E-state index in [-0.39, 0.29) is 17.2 Å². The quantitative estimate of drug-likeness (QED) is 0.627. The fourth-order valence-electron chi connectivity index (χ4n) is 1.29. The van der Waals surface area contributed by atoms with Gasteiger partial charge in [0.15, 0.2) is 0 Å². The first-order valence-electron chi connectivity index (χ1n) is 4.00. The summed E-state index contributed by atoms with van der Waals surface area (Å²) in [4.78, 5) is 23.6. The van der Waals surface area contributed by atoms with Gasteiger partial charge < -0.3 is 0 Å². The minimum absolute atomic E-state index is 0.0961. The zero-order valence-corrected chi connectivity index (χ0v) is 8.35. The molecule has 1 rings (SSSR count). The molecule has 0 spiro atoms. The van der Waals surface area contributed by atoms with E-state index in [4.69, 9.17) is 0 Å². The Bertz CT molecular complexity index is 215. The van der Waals surface area contributed by atoms with E-state index < -0.39 is 0 Å². The zero-order chi connectivity index (χ0) is 9.30. The predicted molar refractivity (Wildman–Crippen MR) is 49.0 cm³/mol. The van der Waals surface area contributed by atoms with Crippen LogP contribution in [0.5, 0.6) is 0 Å². The molecule has 1 aliphatic heterocycles. The molecular formula is C8H13NO2S. The summed E-state index contributed by atoms with van der Waals surface area (Å²) in [5, 5.41) is -0.0961. The van der Waals surface area contributed by atoms with Gasteiger partial charge in [0.1, 0.15) is 0 Å². The molecule has 2 amide bonds. The first-order valence-corrected chi connectivity index (χ1v) is 4.99. The van der Waals surface area contributed by atoms with Gasteiger partial charge in [0, 0.05) is 12.7 Å². The number of carbonyl (C=O) groups excluding carboxylic acids is 2. The number of amides is 2. The zero-order valence-electron chi connectivity index (χ0n) is 7.53. The molecule has 0 saturated carbocycles. The van der Waals surface area contributed by atoms with Crippen LogP contribution in [-0.4, -0.2) is 27.8 Å². The second kappa shape index (κ2) is 3.47. The van der Waals surface area contributed by atoms with Gasteiger partial charge in [-0.05, 0) is 5.92 Å². The van der Waals surface area contributed by atoms with Crippen molar-refractivity contribution in [2.75, 3.05) is 5.75 Å². The molecule has 12 heavy (non-hydrogen) atoms. The number of carbonyl (C=O) groups is 2. The molecule has 1 fully saturated rings. The SMILES string of the molecule is CC(=O)N1C(=O)SC[C@H]1C(C)C. The van der Waals surface area contributed by atoms with Crippen molar-refractivity contribution in [2.45, 2.75) is 26.8 Å².